The van der Waals surface area contributed by atoms with Gasteiger partial charge in [-0.25, -0.2) is 0 Å². The number of hydrogen-bond acceptors (Lipinski definition) is 3. The van der Waals surface area contributed by atoms with Gasteiger partial charge in [0.15, 0.2) is 0 Å². The predicted molar refractivity (Wildman–Crippen MR) is 251 cm³/mol. The van der Waals surface area contributed by atoms with Crippen LogP contribution in [0.15, 0.2) is 150 Å². The topological polar surface area (TPSA) is 43.9 Å². The molecule has 0 amide bonds. The maximum Gasteiger partial charge on any atom is 0.120 e. The van der Waals surface area contributed by atoms with Gasteiger partial charge in [0.25, 0.3) is 0 Å². The molecule has 3 heterocycles. The van der Waals surface area contributed by atoms with E-state index >= 15 is 0 Å². The molecule has 9 aromatic rings. The summed E-state index contributed by atoms with van der Waals surface area (Å²) < 4.78 is 26.8. The van der Waals surface area contributed by atoms with E-state index in [9.17, 15) is 0 Å². The Morgan fingerprint density at radius 1 is 0.717 bits per heavy atom. The molecule has 0 fully saturated rings. The number of pyridine rings is 1. The molecular weight excluding hydrogens is 927 g/mol. The first-order chi connectivity index (χ1) is 29.3. The molecule has 6 heteroatoms. The van der Waals surface area contributed by atoms with Crippen molar-refractivity contribution < 1.29 is 27.3 Å². The van der Waals surface area contributed by atoms with E-state index in [-0.39, 0.29) is 26.0 Å². The molecule has 0 saturated carbocycles. The van der Waals surface area contributed by atoms with Crippen LogP contribution in [0.1, 0.15) is 77.4 Å². The number of para-hydroxylation sites is 4. The van der Waals surface area contributed by atoms with Crippen molar-refractivity contribution in [1.82, 2.24) is 14.5 Å². The summed E-state index contributed by atoms with van der Waals surface area (Å²) in [5, 5.41) is 3.28. The Balaban J connectivity index is 0.000000189. The molecule has 9 rings (SSSR count). The van der Waals surface area contributed by atoms with Gasteiger partial charge in [0.2, 0.25) is 0 Å². The molecule has 4 nitrogen and oxygen atoms in total. The predicted octanol–water partition coefficient (Wildman–Crippen LogP) is 14.1. The van der Waals surface area contributed by atoms with E-state index in [2.05, 4.69) is 124 Å². The fourth-order valence-corrected chi connectivity index (χ4v) is 9.38. The van der Waals surface area contributed by atoms with Crippen molar-refractivity contribution in [2.45, 2.75) is 78.4 Å². The molecule has 6 aromatic carbocycles. The van der Waals surface area contributed by atoms with Gasteiger partial charge in [0.05, 0.1) is 30.5 Å². The molecule has 60 heavy (non-hydrogen) atoms. The minimum Gasteiger partial charge on any atom is -0.501 e. The zero-order chi connectivity index (χ0) is 43.1. The Morgan fingerprint density at radius 2 is 1.40 bits per heavy atom. The SMILES string of the molecule is CC(C)c1cccc(C(C)C)c1-n1c(-c2[c-]ccc3c2oc2ccccc23)nc2ccccc21.[2H]C([2H])(c1cc(-c2[c-]cccc2)ncc1[Si](C)(C)C)C(C)c1ccccc1.[Ir]. The summed E-state index contributed by atoms with van der Waals surface area (Å²) in [6, 6.07) is 53.6. The van der Waals surface area contributed by atoms with Crippen molar-refractivity contribution in [3.05, 3.63) is 180 Å². The maximum atomic E-state index is 9.04. The smallest absolute Gasteiger partial charge is 0.120 e. The summed E-state index contributed by atoms with van der Waals surface area (Å²) in [5.41, 5.74) is 11.9. The zero-order valence-electron chi connectivity index (χ0n) is 37.7. The van der Waals surface area contributed by atoms with E-state index in [4.69, 9.17) is 12.1 Å². The van der Waals surface area contributed by atoms with E-state index in [1.165, 1.54) is 16.8 Å². The number of imidazole rings is 1. The number of fused-ring (bicyclic) bond motifs is 4. The van der Waals surface area contributed by atoms with Crippen LogP contribution in [0.25, 0.3) is 61.3 Å². The van der Waals surface area contributed by atoms with Crippen molar-refractivity contribution in [2.24, 2.45) is 0 Å². The third-order valence-corrected chi connectivity index (χ3v) is 13.1. The van der Waals surface area contributed by atoms with Crippen LogP contribution < -0.4 is 5.19 Å². The monoisotopic (exact) mass is 982 g/mol. The van der Waals surface area contributed by atoms with Gasteiger partial charge in [0, 0.05) is 40.1 Å². The summed E-state index contributed by atoms with van der Waals surface area (Å²) in [7, 11) is -1.77. The third-order valence-electron chi connectivity index (χ3n) is 11.1. The van der Waals surface area contributed by atoms with Gasteiger partial charge in [-0.1, -0.05) is 156 Å². The molecule has 0 saturated heterocycles. The largest absolute Gasteiger partial charge is 0.501 e. The van der Waals surface area contributed by atoms with Gasteiger partial charge in [-0.15, -0.1) is 54.1 Å². The number of benzene rings is 6. The number of aromatic nitrogens is 3. The molecule has 0 aliphatic rings. The Kier molecular flexibility index (Phi) is 12.1. The second kappa shape index (κ2) is 18.1. The second-order valence-corrected chi connectivity index (χ2v) is 22.0. The first-order valence-corrected chi connectivity index (χ1v) is 24.2. The molecule has 0 aliphatic carbocycles. The Bertz CT molecular complexity index is 2940. The van der Waals surface area contributed by atoms with Gasteiger partial charge in [0.1, 0.15) is 5.58 Å². The summed E-state index contributed by atoms with van der Waals surface area (Å²) in [4.78, 5) is 9.81. The van der Waals surface area contributed by atoms with Gasteiger partial charge in [-0.05, 0) is 69.9 Å². The summed E-state index contributed by atoms with van der Waals surface area (Å²) in [5.74, 6) is 1.34. The molecular formula is C54H53IrN3OSi-2. The zero-order valence-corrected chi connectivity index (χ0v) is 39.1. The number of rotatable bonds is 9. The molecule has 0 aliphatic heterocycles. The molecule has 1 radical (unpaired) electrons. The molecule has 0 spiro atoms. The standard InChI is InChI=1S/C31H27N2O.C23H26NSi.Ir/c1-19(2)21-12-9-13-22(20(3)4)29(21)33-27-17-7-6-16-26(27)32-31(33)25-15-10-14-24-23-11-5-8-18-28(23)34-30(24)25;1-18(19-11-7-5-8-12-19)15-21-16-22(20-13-9-6-10-14-20)24-17-23(21)25(2,3)4;/h5-14,16-20H,1-4H3;5-13,16-18H,15H2,1-4H3;/q2*-1;/i;15D2;. The van der Waals surface area contributed by atoms with Crippen LogP contribution in [-0.2, 0) is 26.5 Å². The van der Waals surface area contributed by atoms with Crippen LogP contribution in [-0.4, -0.2) is 22.6 Å². The molecule has 0 bridgehead atoms. The quantitative estimate of drug-likeness (QED) is 0.107. The average molecular weight is 982 g/mol. The van der Waals surface area contributed by atoms with Crippen molar-refractivity contribution in [3.63, 3.8) is 0 Å². The van der Waals surface area contributed by atoms with Crippen molar-refractivity contribution in [1.29, 1.82) is 0 Å². The minimum atomic E-state index is -1.77. The Hall–Kier alpha value is -5.39. The average Bonchev–Trinajstić information content (AvgIpc) is 3.85. The number of hydrogen-bond donors (Lipinski definition) is 0. The molecule has 3 aromatic heterocycles. The van der Waals surface area contributed by atoms with Crippen molar-refractivity contribution in [2.75, 3.05) is 0 Å². The summed E-state index contributed by atoms with van der Waals surface area (Å²) in [6.07, 6.45) is 0.400. The van der Waals surface area contributed by atoms with E-state index in [0.717, 1.165) is 71.9 Å². The Labute approximate surface area is 372 Å². The van der Waals surface area contributed by atoms with Crippen LogP contribution >= 0.6 is 0 Å². The van der Waals surface area contributed by atoms with E-state index < -0.39 is 14.4 Å². The van der Waals surface area contributed by atoms with E-state index in [1.807, 2.05) is 98.0 Å². The van der Waals surface area contributed by atoms with Crippen LogP contribution in [0, 0.1) is 12.1 Å². The van der Waals surface area contributed by atoms with Crippen LogP contribution in [0.3, 0.4) is 0 Å². The second-order valence-electron chi connectivity index (χ2n) is 17.0. The van der Waals surface area contributed by atoms with Gasteiger partial charge in [-0.2, -0.15) is 0 Å². The third kappa shape index (κ3) is 8.60. The van der Waals surface area contributed by atoms with Gasteiger partial charge >= 0.3 is 0 Å². The fraction of sp³-hybridized carbons (Fsp3) is 0.222. The molecule has 0 N–H and O–H groups in total. The Morgan fingerprint density at radius 3 is 2.10 bits per heavy atom. The summed E-state index contributed by atoms with van der Waals surface area (Å²) in [6.45, 7) is 17.7. The van der Waals surface area contributed by atoms with Crippen molar-refractivity contribution in [3.8, 4) is 28.3 Å². The molecule has 1 atom stereocenters. The molecule has 1 unspecified atom stereocenters. The van der Waals surface area contributed by atoms with Gasteiger partial charge < -0.3 is 14.0 Å². The first-order valence-electron chi connectivity index (χ1n) is 21.7. The first kappa shape index (κ1) is 40.0. The van der Waals surface area contributed by atoms with E-state index in [1.54, 1.807) is 0 Å². The summed E-state index contributed by atoms with van der Waals surface area (Å²) >= 11 is 0. The number of nitrogens with zero attached hydrogens (tertiary/aromatic N) is 3. The number of furan rings is 1. The van der Waals surface area contributed by atoms with E-state index in [0.29, 0.717) is 11.8 Å². The van der Waals surface area contributed by atoms with Crippen molar-refractivity contribution >= 4 is 46.2 Å². The van der Waals surface area contributed by atoms with Crippen LogP contribution in [0.4, 0.5) is 0 Å². The normalized spacial score (nSPS) is 12.9. The minimum absolute atomic E-state index is 0. The maximum absolute atomic E-state index is 9.04. The van der Waals surface area contributed by atoms with Crippen LogP contribution in [0.5, 0.6) is 0 Å². The fourth-order valence-electron chi connectivity index (χ4n) is 7.98. The van der Waals surface area contributed by atoms with Gasteiger partial charge in [-0.3, -0.25) is 4.98 Å². The van der Waals surface area contributed by atoms with Crippen LogP contribution in [0.2, 0.25) is 19.6 Å². The molecule has 305 valence electrons.